The van der Waals surface area contributed by atoms with Gasteiger partial charge in [0.25, 0.3) is 5.69 Å². The van der Waals surface area contributed by atoms with Crippen LogP contribution in [0, 0.1) is 10.1 Å². The molecule has 2 aliphatic heterocycles. The van der Waals surface area contributed by atoms with Crippen molar-refractivity contribution in [2.45, 2.75) is 12.7 Å². The van der Waals surface area contributed by atoms with Crippen LogP contribution < -0.4 is 14.9 Å². The highest BCUT2D eigenvalue weighted by Gasteiger charge is 2.24. The van der Waals surface area contributed by atoms with Crippen LogP contribution in [0.3, 0.4) is 0 Å². The molecule has 2 aromatic carbocycles. The predicted octanol–water partition coefficient (Wildman–Crippen LogP) is 2.24. The van der Waals surface area contributed by atoms with Crippen molar-refractivity contribution >= 4 is 17.2 Å². The van der Waals surface area contributed by atoms with E-state index in [0.717, 1.165) is 16.7 Å². The zero-order chi connectivity index (χ0) is 21.1. The second-order valence-electron chi connectivity index (χ2n) is 6.60. The van der Waals surface area contributed by atoms with Crippen LogP contribution in [0.1, 0.15) is 16.7 Å². The van der Waals surface area contributed by atoms with E-state index in [4.69, 9.17) is 18.9 Å². The molecule has 4 rings (SSSR count). The number of nitrogens with one attached hydrogen (secondary N) is 1. The number of fused-ring (bicyclic) bond motifs is 2. The molecule has 0 atom stereocenters. The number of methoxy groups -OCH3 is 2. The number of ether oxygens (including phenoxy) is 4. The minimum atomic E-state index is -0.461. The third-order valence-electron chi connectivity index (χ3n) is 4.82. The minimum Gasteiger partial charge on any atom is -0.454 e. The summed E-state index contributed by atoms with van der Waals surface area (Å²) in [4.78, 5) is 15.1. The fourth-order valence-electron chi connectivity index (χ4n) is 3.23. The monoisotopic (exact) mass is 412 g/mol. The van der Waals surface area contributed by atoms with Gasteiger partial charge in [0.2, 0.25) is 6.79 Å². The van der Waals surface area contributed by atoms with Crippen LogP contribution in [0.25, 0.3) is 0 Å². The van der Waals surface area contributed by atoms with Gasteiger partial charge in [-0.1, -0.05) is 0 Å². The lowest BCUT2D eigenvalue weighted by molar-refractivity contribution is -0.384. The number of amidine groups is 1. The van der Waals surface area contributed by atoms with E-state index in [1.807, 2.05) is 12.1 Å². The van der Waals surface area contributed by atoms with E-state index in [1.54, 1.807) is 26.4 Å². The fraction of sp³-hybridized carbons (Fsp3) is 0.300. The van der Waals surface area contributed by atoms with Gasteiger partial charge in [0.1, 0.15) is 5.84 Å². The first-order valence-electron chi connectivity index (χ1n) is 9.19. The summed E-state index contributed by atoms with van der Waals surface area (Å²) in [6.45, 7) is 0.461. The Morgan fingerprint density at radius 1 is 1.20 bits per heavy atom. The summed E-state index contributed by atoms with van der Waals surface area (Å²) in [6.07, 6.45) is 0.0171. The molecule has 10 heteroatoms. The Kier molecular flexibility index (Phi) is 5.59. The highest BCUT2D eigenvalue weighted by Crippen LogP contribution is 2.36. The summed E-state index contributed by atoms with van der Waals surface area (Å²) in [7, 11) is 3.10. The number of nitrogens with zero attached hydrogens (tertiary/aromatic N) is 3. The molecule has 0 fully saturated rings. The number of rotatable bonds is 6. The van der Waals surface area contributed by atoms with Gasteiger partial charge in [-0.3, -0.25) is 20.5 Å². The van der Waals surface area contributed by atoms with Crippen molar-refractivity contribution < 1.29 is 23.9 Å². The Balaban J connectivity index is 1.74. The summed E-state index contributed by atoms with van der Waals surface area (Å²) in [5.41, 5.74) is 6.14. The zero-order valence-corrected chi connectivity index (χ0v) is 16.5. The molecule has 1 N–H and O–H groups in total. The average Bonchev–Trinajstić information content (AvgIpc) is 3.14. The first-order valence-corrected chi connectivity index (χ1v) is 9.19. The molecular weight excluding hydrogens is 392 g/mol. The van der Waals surface area contributed by atoms with E-state index in [0.29, 0.717) is 36.0 Å². The van der Waals surface area contributed by atoms with E-state index >= 15 is 0 Å². The molecule has 156 valence electrons. The van der Waals surface area contributed by atoms with Gasteiger partial charge in [-0.25, -0.2) is 0 Å². The molecule has 2 aliphatic rings. The lowest BCUT2D eigenvalue weighted by atomic mass is 9.95. The summed E-state index contributed by atoms with van der Waals surface area (Å²) in [5, 5.41) is 15.5. The molecule has 10 nitrogen and oxygen atoms in total. The van der Waals surface area contributed by atoms with Crippen molar-refractivity contribution in [2.75, 3.05) is 27.6 Å². The Morgan fingerprint density at radius 2 is 1.90 bits per heavy atom. The Hall–Kier alpha value is -3.50. The van der Waals surface area contributed by atoms with Gasteiger partial charge in [0.05, 0.1) is 17.2 Å². The van der Waals surface area contributed by atoms with Crippen molar-refractivity contribution in [2.24, 2.45) is 10.1 Å². The molecule has 2 aromatic rings. The maximum absolute atomic E-state index is 11.0. The highest BCUT2D eigenvalue weighted by atomic mass is 16.7. The number of non-ortho nitro benzene ring substituents is 1. The van der Waals surface area contributed by atoms with Crippen molar-refractivity contribution in [3.05, 3.63) is 63.2 Å². The van der Waals surface area contributed by atoms with Crippen LogP contribution in [-0.4, -0.2) is 50.3 Å². The minimum absolute atomic E-state index is 0.0132. The van der Waals surface area contributed by atoms with Crippen LogP contribution in [0.5, 0.6) is 11.5 Å². The number of hydrogen-bond donors (Lipinski definition) is 1. The van der Waals surface area contributed by atoms with Gasteiger partial charge in [-0.2, -0.15) is 5.10 Å². The third kappa shape index (κ3) is 3.95. The molecule has 2 heterocycles. The summed E-state index contributed by atoms with van der Waals surface area (Å²) in [6, 6.07) is 10.0. The molecule has 0 bridgehead atoms. The topological polar surface area (TPSA) is 117 Å². The highest BCUT2D eigenvalue weighted by molar-refractivity contribution is 6.15. The molecule has 0 unspecified atom stereocenters. The van der Waals surface area contributed by atoms with E-state index in [1.165, 1.54) is 12.1 Å². The Labute approximate surface area is 172 Å². The normalized spacial score (nSPS) is 16.1. The van der Waals surface area contributed by atoms with E-state index in [-0.39, 0.29) is 12.5 Å². The number of nitro benzene ring substituents is 1. The number of benzene rings is 2. The molecule has 0 aliphatic carbocycles. The van der Waals surface area contributed by atoms with Gasteiger partial charge in [0, 0.05) is 43.9 Å². The quantitative estimate of drug-likeness (QED) is 0.439. The SMILES string of the molecule is COC(CN=C1Cc2cc3c(cc2C(c2ccc([N+](=O)[O-])cc2)=NN1)OCO3)OC. The predicted molar refractivity (Wildman–Crippen MR) is 108 cm³/mol. The summed E-state index contributed by atoms with van der Waals surface area (Å²) in [5.74, 6) is 1.92. The van der Waals surface area contributed by atoms with Gasteiger partial charge in [0.15, 0.2) is 17.8 Å². The molecule has 0 spiro atoms. The van der Waals surface area contributed by atoms with Crippen molar-refractivity contribution in [3.8, 4) is 11.5 Å². The Bertz CT molecular complexity index is 1010. The first kappa shape index (κ1) is 19.8. The number of hydrogen-bond acceptors (Lipinski definition) is 8. The standard InChI is InChI=1S/C20H20N4O6/c1-27-19(28-2)10-21-18-8-13-7-16-17(30-11-29-16)9-15(13)20(23-22-18)12-3-5-14(6-4-12)24(25)26/h3-7,9,19H,8,10-11H2,1-2H3,(H,21,22). The van der Waals surface area contributed by atoms with Crippen LogP contribution in [-0.2, 0) is 15.9 Å². The lowest BCUT2D eigenvalue weighted by Gasteiger charge is -2.12. The maximum atomic E-state index is 11.0. The average molecular weight is 412 g/mol. The summed E-state index contributed by atoms with van der Waals surface area (Å²) >= 11 is 0. The smallest absolute Gasteiger partial charge is 0.269 e. The number of hydrazone groups is 1. The van der Waals surface area contributed by atoms with Crippen LogP contribution in [0.4, 0.5) is 5.69 Å². The van der Waals surface area contributed by atoms with Gasteiger partial charge in [-0.05, 0) is 29.8 Å². The van der Waals surface area contributed by atoms with Crippen LogP contribution in [0.15, 0.2) is 46.5 Å². The van der Waals surface area contributed by atoms with Crippen LogP contribution in [0.2, 0.25) is 0 Å². The fourth-order valence-corrected chi connectivity index (χ4v) is 3.23. The van der Waals surface area contributed by atoms with Gasteiger partial charge >= 0.3 is 0 Å². The second-order valence-corrected chi connectivity index (χ2v) is 6.60. The second kappa shape index (κ2) is 8.47. The van der Waals surface area contributed by atoms with Gasteiger partial charge < -0.3 is 18.9 Å². The molecule has 0 saturated carbocycles. The molecular formula is C20H20N4O6. The van der Waals surface area contributed by atoms with Crippen molar-refractivity contribution in [3.63, 3.8) is 0 Å². The Morgan fingerprint density at radius 3 is 2.57 bits per heavy atom. The molecule has 0 aromatic heterocycles. The molecule has 30 heavy (non-hydrogen) atoms. The third-order valence-corrected chi connectivity index (χ3v) is 4.82. The van der Waals surface area contributed by atoms with E-state index < -0.39 is 11.2 Å². The van der Waals surface area contributed by atoms with Crippen molar-refractivity contribution in [1.29, 1.82) is 0 Å². The zero-order valence-electron chi connectivity index (χ0n) is 16.5. The maximum Gasteiger partial charge on any atom is 0.269 e. The number of nitro groups is 1. The first-order chi connectivity index (χ1) is 14.6. The number of aliphatic imine (C=N–C) groups is 1. The van der Waals surface area contributed by atoms with E-state index in [2.05, 4.69) is 15.5 Å². The van der Waals surface area contributed by atoms with E-state index in [9.17, 15) is 10.1 Å². The lowest BCUT2D eigenvalue weighted by Crippen LogP contribution is -2.24. The van der Waals surface area contributed by atoms with Crippen LogP contribution >= 0.6 is 0 Å². The summed E-state index contributed by atoms with van der Waals surface area (Å²) < 4.78 is 21.4. The molecule has 0 radical (unpaired) electrons. The van der Waals surface area contributed by atoms with Gasteiger partial charge in [-0.15, -0.1) is 0 Å². The molecule has 0 saturated heterocycles. The van der Waals surface area contributed by atoms with Crippen molar-refractivity contribution in [1.82, 2.24) is 5.43 Å². The molecule has 0 amide bonds. The largest absolute Gasteiger partial charge is 0.454 e.